The highest BCUT2D eigenvalue weighted by Gasteiger charge is 2.02. The fourth-order valence-corrected chi connectivity index (χ4v) is 2.33. The van der Waals surface area contributed by atoms with Gasteiger partial charge < -0.3 is 15.4 Å². The average molecular weight is 366 g/mol. The van der Waals surface area contributed by atoms with Crippen LogP contribution >= 0.6 is 0 Å². The van der Waals surface area contributed by atoms with Gasteiger partial charge in [-0.2, -0.15) is 0 Å². The average Bonchev–Trinajstić information content (AvgIpc) is 2.69. The van der Waals surface area contributed by atoms with Crippen LogP contribution in [0, 0.1) is 6.92 Å². The van der Waals surface area contributed by atoms with Crippen molar-refractivity contribution in [3.63, 3.8) is 0 Å². The Morgan fingerprint density at radius 2 is 1.67 bits per heavy atom. The molecule has 2 N–H and O–H groups in total. The molecule has 0 fully saturated rings. The molecule has 0 aliphatic rings. The number of hydrogen-bond acceptors (Lipinski definition) is 3. The molecule has 0 unspecified atom stereocenters. The summed E-state index contributed by atoms with van der Waals surface area (Å²) in [6.45, 7) is 3.32. The van der Waals surface area contributed by atoms with Crippen LogP contribution in [0.2, 0.25) is 0 Å². The molecule has 0 aliphatic carbocycles. The summed E-state index contributed by atoms with van der Waals surface area (Å²) >= 11 is 0. The van der Waals surface area contributed by atoms with E-state index in [-0.39, 0.29) is 11.8 Å². The molecule has 2 rings (SSSR count). The Morgan fingerprint density at radius 1 is 0.963 bits per heavy atom. The van der Waals surface area contributed by atoms with Crippen LogP contribution in [-0.4, -0.2) is 31.5 Å². The predicted octanol–water partition coefficient (Wildman–Crippen LogP) is 3.10. The summed E-state index contributed by atoms with van der Waals surface area (Å²) in [6, 6.07) is 17.4. The van der Waals surface area contributed by atoms with Gasteiger partial charge in [0.25, 0.3) is 0 Å². The van der Waals surface area contributed by atoms with E-state index in [1.807, 2.05) is 61.5 Å². The molecule has 0 atom stereocenters. The Balaban J connectivity index is 1.51. The van der Waals surface area contributed by atoms with Crippen LogP contribution in [0.25, 0.3) is 6.08 Å². The van der Waals surface area contributed by atoms with E-state index in [0.717, 1.165) is 11.3 Å². The maximum Gasteiger partial charge on any atom is 0.244 e. The minimum Gasteiger partial charge on any atom is -0.494 e. The summed E-state index contributed by atoms with van der Waals surface area (Å²) < 4.78 is 5.59. The van der Waals surface area contributed by atoms with E-state index in [1.54, 1.807) is 6.08 Å². The molecule has 0 aromatic heterocycles. The van der Waals surface area contributed by atoms with E-state index in [9.17, 15) is 9.59 Å². The van der Waals surface area contributed by atoms with E-state index in [0.29, 0.717) is 32.5 Å². The molecule has 2 aromatic rings. The van der Waals surface area contributed by atoms with Crippen molar-refractivity contribution in [3.8, 4) is 5.75 Å². The maximum absolute atomic E-state index is 11.8. The molecular weight excluding hydrogens is 340 g/mol. The van der Waals surface area contributed by atoms with E-state index in [1.165, 1.54) is 11.6 Å². The Bertz CT molecular complexity index is 740. The van der Waals surface area contributed by atoms with Gasteiger partial charge in [0.1, 0.15) is 5.75 Å². The molecule has 0 spiro atoms. The smallest absolute Gasteiger partial charge is 0.244 e. The van der Waals surface area contributed by atoms with E-state index in [4.69, 9.17) is 4.74 Å². The highest BCUT2D eigenvalue weighted by atomic mass is 16.5. The van der Waals surface area contributed by atoms with Crippen molar-refractivity contribution in [2.45, 2.75) is 19.8 Å². The van der Waals surface area contributed by atoms with Crippen molar-refractivity contribution >= 4 is 17.9 Å². The number of hydrogen-bond donors (Lipinski definition) is 2. The molecule has 0 radical (unpaired) electrons. The summed E-state index contributed by atoms with van der Waals surface area (Å²) in [5.74, 6) is 0.587. The largest absolute Gasteiger partial charge is 0.494 e. The summed E-state index contributed by atoms with van der Waals surface area (Å²) in [5, 5.41) is 5.52. The lowest BCUT2D eigenvalue weighted by Crippen LogP contribution is -2.34. The van der Waals surface area contributed by atoms with E-state index >= 15 is 0 Å². The molecular formula is C22H26N2O3. The Morgan fingerprint density at radius 3 is 2.41 bits per heavy atom. The van der Waals surface area contributed by atoms with Gasteiger partial charge >= 0.3 is 0 Å². The van der Waals surface area contributed by atoms with Crippen LogP contribution in [0.1, 0.15) is 24.0 Å². The van der Waals surface area contributed by atoms with Crippen molar-refractivity contribution in [1.29, 1.82) is 0 Å². The van der Waals surface area contributed by atoms with Gasteiger partial charge in [0.05, 0.1) is 6.61 Å². The van der Waals surface area contributed by atoms with Gasteiger partial charge in [0.15, 0.2) is 0 Å². The van der Waals surface area contributed by atoms with Crippen molar-refractivity contribution < 1.29 is 14.3 Å². The number of aryl methyl sites for hydroxylation is 1. The number of ether oxygens (including phenoxy) is 1. The fraction of sp³-hybridized carbons (Fsp3) is 0.273. The number of nitrogens with one attached hydrogen (secondary N) is 2. The normalized spacial score (nSPS) is 10.6. The molecule has 2 amide bonds. The fourth-order valence-electron chi connectivity index (χ4n) is 2.33. The molecule has 0 saturated heterocycles. The zero-order valence-corrected chi connectivity index (χ0v) is 15.6. The summed E-state index contributed by atoms with van der Waals surface area (Å²) in [4.78, 5) is 23.5. The second-order valence-corrected chi connectivity index (χ2v) is 6.15. The molecule has 0 saturated carbocycles. The van der Waals surface area contributed by atoms with Gasteiger partial charge in [0, 0.05) is 25.6 Å². The maximum atomic E-state index is 11.8. The van der Waals surface area contributed by atoms with Crippen LogP contribution in [0.15, 0.2) is 60.7 Å². The van der Waals surface area contributed by atoms with Crippen molar-refractivity contribution in [2.24, 2.45) is 0 Å². The van der Waals surface area contributed by atoms with Crippen molar-refractivity contribution in [2.75, 3.05) is 19.7 Å². The standard InChI is InChI=1S/C22H26N2O3/c1-18-9-12-20(13-10-18)27-17-5-8-21(25)23-15-16-24-22(26)14-11-19-6-3-2-4-7-19/h2-4,6-7,9-14H,5,8,15-17H2,1H3,(H,23,25)(H,24,26)/b14-11+. The molecule has 2 aromatic carbocycles. The number of carbonyl (C=O) groups is 2. The summed E-state index contributed by atoms with van der Waals surface area (Å²) in [7, 11) is 0. The first-order chi connectivity index (χ1) is 13.1. The van der Waals surface area contributed by atoms with Gasteiger partial charge in [-0.05, 0) is 37.1 Å². The summed E-state index contributed by atoms with van der Waals surface area (Å²) in [6.07, 6.45) is 4.28. The topological polar surface area (TPSA) is 67.4 Å². The van der Waals surface area contributed by atoms with Crippen molar-refractivity contribution in [1.82, 2.24) is 10.6 Å². The molecule has 142 valence electrons. The SMILES string of the molecule is Cc1ccc(OCCCC(=O)NCCNC(=O)/C=C/c2ccccc2)cc1. The minimum atomic E-state index is -0.181. The minimum absolute atomic E-state index is 0.0448. The van der Waals surface area contributed by atoms with Crippen molar-refractivity contribution in [3.05, 3.63) is 71.8 Å². The molecule has 0 bridgehead atoms. The third kappa shape index (κ3) is 8.72. The second-order valence-electron chi connectivity index (χ2n) is 6.15. The first kappa shape index (κ1) is 20.2. The number of rotatable bonds is 10. The molecule has 0 heterocycles. The van der Waals surface area contributed by atoms with Gasteiger partial charge in [-0.15, -0.1) is 0 Å². The van der Waals surface area contributed by atoms with Crippen LogP contribution in [0.5, 0.6) is 5.75 Å². The molecule has 5 heteroatoms. The quantitative estimate of drug-likeness (QED) is 0.502. The Kier molecular flexibility index (Phi) is 8.63. The lowest BCUT2D eigenvalue weighted by Gasteiger charge is -2.07. The summed E-state index contributed by atoms with van der Waals surface area (Å²) in [5.41, 5.74) is 2.15. The predicted molar refractivity (Wildman–Crippen MR) is 107 cm³/mol. The highest BCUT2D eigenvalue weighted by Crippen LogP contribution is 2.11. The highest BCUT2D eigenvalue weighted by molar-refractivity contribution is 5.91. The first-order valence-electron chi connectivity index (χ1n) is 9.10. The molecule has 27 heavy (non-hydrogen) atoms. The van der Waals surface area contributed by atoms with E-state index in [2.05, 4.69) is 10.6 Å². The number of carbonyl (C=O) groups excluding carboxylic acids is 2. The van der Waals surface area contributed by atoms with Gasteiger partial charge in [-0.1, -0.05) is 48.0 Å². The lowest BCUT2D eigenvalue weighted by molar-refractivity contribution is -0.121. The van der Waals surface area contributed by atoms with Crippen LogP contribution in [0.3, 0.4) is 0 Å². The zero-order valence-electron chi connectivity index (χ0n) is 15.6. The zero-order chi connectivity index (χ0) is 19.3. The third-order valence-corrected chi connectivity index (χ3v) is 3.81. The molecule has 0 aliphatic heterocycles. The first-order valence-corrected chi connectivity index (χ1v) is 9.10. The monoisotopic (exact) mass is 366 g/mol. The molecule has 5 nitrogen and oxygen atoms in total. The lowest BCUT2D eigenvalue weighted by atomic mass is 10.2. The Hall–Kier alpha value is -3.08. The Labute approximate surface area is 160 Å². The van der Waals surface area contributed by atoms with E-state index < -0.39 is 0 Å². The third-order valence-electron chi connectivity index (χ3n) is 3.81. The van der Waals surface area contributed by atoms with Gasteiger partial charge in [0.2, 0.25) is 11.8 Å². The number of amides is 2. The van der Waals surface area contributed by atoms with Gasteiger partial charge in [-0.25, -0.2) is 0 Å². The van der Waals surface area contributed by atoms with Crippen LogP contribution < -0.4 is 15.4 Å². The second kappa shape index (κ2) is 11.5. The van der Waals surface area contributed by atoms with Crippen LogP contribution in [0.4, 0.5) is 0 Å². The number of benzene rings is 2. The van der Waals surface area contributed by atoms with Crippen LogP contribution in [-0.2, 0) is 9.59 Å². The van der Waals surface area contributed by atoms with Gasteiger partial charge in [-0.3, -0.25) is 9.59 Å².